The van der Waals surface area contributed by atoms with E-state index in [2.05, 4.69) is 14.9 Å². The molecule has 0 unspecified atom stereocenters. The van der Waals surface area contributed by atoms with Crippen LogP contribution in [-0.4, -0.2) is 72.2 Å². The minimum absolute atomic E-state index is 0.119. The second-order valence-corrected chi connectivity index (χ2v) is 13.0. The maximum atomic E-state index is 13.0. The largest absolute Gasteiger partial charge is 0.325 e. The van der Waals surface area contributed by atoms with Gasteiger partial charge < -0.3 is 9.80 Å². The van der Waals surface area contributed by atoms with Crippen LogP contribution in [0.2, 0.25) is 5.02 Å². The number of amides is 2. The summed E-state index contributed by atoms with van der Waals surface area (Å²) in [5.74, 6) is 3.24. The first-order valence-electron chi connectivity index (χ1n) is 12.5. The lowest BCUT2D eigenvalue weighted by Crippen LogP contribution is -2.65. The van der Waals surface area contributed by atoms with E-state index >= 15 is 0 Å². The zero-order chi connectivity index (χ0) is 24.2. The summed E-state index contributed by atoms with van der Waals surface area (Å²) in [6.07, 6.45) is 6.16. The average Bonchev–Trinajstić information content (AvgIpc) is 3.54. The Hall–Kier alpha value is -2.17. The molecule has 4 fully saturated rings. The number of carbonyl (C=O) groups is 1. The molecule has 2 aliphatic heterocycles. The van der Waals surface area contributed by atoms with Crippen LogP contribution in [0.3, 0.4) is 0 Å². The van der Waals surface area contributed by atoms with Crippen molar-refractivity contribution in [2.24, 2.45) is 11.3 Å². The van der Waals surface area contributed by atoms with Crippen molar-refractivity contribution in [1.82, 2.24) is 29.7 Å². The molecule has 188 valence electrons. The molecule has 2 aliphatic carbocycles. The van der Waals surface area contributed by atoms with Gasteiger partial charge in [0.05, 0.1) is 4.90 Å². The van der Waals surface area contributed by atoms with E-state index in [0.717, 1.165) is 50.4 Å². The average molecular weight is 519 g/mol. The molecule has 3 heterocycles. The van der Waals surface area contributed by atoms with Crippen molar-refractivity contribution < 1.29 is 13.2 Å². The van der Waals surface area contributed by atoms with Gasteiger partial charge in [-0.15, -0.1) is 0 Å². The molecular formula is C24H31ClN6O3S. The molecule has 35 heavy (non-hydrogen) atoms. The lowest BCUT2D eigenvalue weighted by atomic mass is 9.57. The van der Waals surface area contributed by atoms with Crippen LogP contribution in [0.5, 0.6) is 0 Å². The van der Waals surface area contributed by atoms with Crippen LogP contribution in [0.4, 0.5) is 4.79 Å². The molecule has 0 bridgehead atoms. The highest BCUT2D eigenvalue weighted by molar-refractivity contribution is 7.89. The number of aromatic amines is 1. The Balaban J connectivity index is 0.927. The third-order valence-corrected chi connectivity index (χ3v) is 9.79. The molecule has 2 saturated heterocycles. The number of carbonyl (C=O) groups excluding carboxylic acids is 1. The van der Waals surface area contributed by atoms with Crippen LogP contribution in [0, 0.1) is 11.3 Å². The first kappa shape index (κ1) is 23.2. The lowest BCUT2D eigenvalue weighted by molar-refractivity contribution is -0.0574. The van der Waals surface area contributed by atoms with Gasteiger partial charge in [-0.25, -0.2) is 22.9 Å². The Kier molecular flexibility index (Phi) is 5.80. The van der Waals surface area contributed by atoms with E-state index in [1.54, 1.807) is 12.1 Å². The molecule has 2 saturated carbocycles. The molecule has 2 aromatic rings. The van der Waals surface area contributed by atoms with E-state index in [9.17, 15) is 13.2 Å². The van der Waals surface area contributed by atoms with Gasteiger partial charge in [0.25, 0.3) is 0 Å². The fourth-order valence-electron chi connectivity index (χ4n) is 5.79. The topological polar surface area (TPSA) is 111 Å². The molecule has 1 aromatic heterocycles. The Bertz CT molecular complexity index is 1190. The standard InChI is InChI=1S/C24H31ClN6O3S/c25-19-3-5-20(6-4-19)35(33,34)26-13-16-7-9-30(10-8-16)23(32)31-14-24(15-31)11-18(12-24)22-27-21(28-29-22)17-1-2-17/h3-6,16-18,26H,1-2,7-15H2,(H,27,28,29). The Morgan fingerprint density at radius 2 is 1.74 bits per heavy atom. The highest BCUT2D eigenvalue weighted by Gasteiger charge is 2.55. The normalized spacial score (nSPS) is 22.8. The third kappa shape index (κ3) is 4.68. The summed E-state index contributed by atoms with van der Waals surface area (Å²) in [5.41, 5.74) is 0.249. The number of nitrogens with zero attached hydrogens (tertiary/aromatic N) is 4. The molecule has 2 N–H and O–H groups in total. The zero-order valence-electron chi connectivity index (χ0n) is 19.6. The summed E-state index contributed by atoms with van der Waals surface area (Å²) in [7, 11) is -3.56. The molecule has 0 radical (unpaired) electrons. The highest BCUT2D eigenvalue weighted by Crippen LogP contribution is 2.55. The maximum Gasteiger partial charge on any atom is 0.320 e. The molecule has 1 spiro atoms. The highest BCUT2D eigenvalue weighted by atomic mass is 35.5. The SMILES string of the molecule is O=C(N1CCC(CNS(=O)(=O)c2ccc(Cl)cc2)CC1)N1CC2(CC(c3n[nH]c(C4CC4)n3)C2)C1. The first-order chi connectivity index (χ1) is 16.8. The summed E-state index contributed by atoms with van der Waals surface area (Å²) in [6, 6.07) is 6.28. The van der Waals surface area contributed by atoms with Crippen LogP contribution in [0.15, 0.2) is 29.2 Å². The fourth-order valence-corrected chi connectivity index (χ4v) is 7.03. The van der Waals surface area contributed by atoms with Gasteiger partial charge in [0.2, 0.25) is 10.0 Å². The maximum absolute atomic E-state index is 13.0. The Morgan fingerprint density at radius 3 is 2.40 bits per heavy atom. The number of sulfonamides is 1. The molecule has 4 aliphatic rings. The van der Waals surface area contributed by atoms with E-state index in [-0.39, 0.29) is 22.3 Å². The number of hydrogen-bond acceptors (Lipinski definition) is 5. The van der Waals surface area contributed by atoms with Gasteiger partial charge in [-0.1, -0.05) is 11.6 Å². The summed E-state index contributed by atoms with van der Waals surface area (Å²) < 4.78 is 27.7. The van der Waals surface area contributed by atoms with Crippen molar-refractivity contribution >= 4 is 27.7 Å². The van der Waals surface area contributed by atoms with Crippen molar-refractivity contribution in [2.75, 3.05) is 32.7 Å². The van der Waals surface area contributed by atoms with Crippen LogP contribution in [-0.2, 0) is 10.0 Å². The van der Waals surface area contributed by atoms with Crippen molar-refractivity contribution in [1.29, 1.82) is 0 Å². The third-order valence-electron chi connectivity index (χ3n) is 8.10. The number of piperidine rings is 1. The zero-order valence-corrected chi connectivity index (χ0v) is 21.2. The molecule has 1 aromatic carbocycles. The number of benzene rings is 1. The molecule has 6 rings (SSSR count). The van der Waals surface area contributed by atoms with E-state index in [0.29, 0.717) is 36.5 Å². The second kappa shape index (κ2) is 8.74. The van der Waals surface area contributed by atoms with Gasteiger partial charge in [0.15, 0.2) is 5.82 Å². The lowest BCUT2D eigenvalue weighted by Gasteiger charge is -2.59. The number of H-pyrrole nitrogens is 1. The van der Waals surface area contributed by atoms with Gasteiger partial charge in [0.1, 0.15) is 5.82 Å². The minimum atomic E-state index is -3.56. The Morgan fingerprint density at radius 1 is 1.06 bits per heavy atom. The number of rotatable bonds is 6. The quantitative estimate of drug-likeness (QED) is 0.609. The van der Waals surface area contributed by atoms with Gasteiger partial charge in [-0.3, -0.25) is 5.10 Å². The summed E-state index contributed by atoms with van der Waals surface area (Å²) in [4.78, 5) is 21.8. The summed E-state index contributed by atoms with van der Waals surface area (Å²) in [6.45, 7) is 3.36. The first-order valence-corrected chi connectivity index (χ1v) is 14.4. The van der Waals surface area contributed by atoms with Crippen molar-refractivity contribution in [3.8, 4) is 0 Å². The van der Waals surface area contributed by atoms with Gasteiger partial charge in [-0.05, 0) is 68.7 Å². The number of halogens is 1. The second-order valence-electron chi connectivity index (χ2n) is 10.8. The monoisotopic (exact) mass is 518 g/mol. The van der Waals surface area contributed by atoms with Crippen molar-refractivity contribution in [2.45, 2.75) is 55.3 Å². The van der Waals surface area contributed by atoms with Gasteiger partial charge in [0, 0.05) is 55.0 Å². The fraction of sp³-hybridized carbons (Fsp3) is 0.625. The number of likely N-dealkylation sites (tertiary alicyclic amines) is 2. The van der Waals surface area contributed by atoms with E-state index in [1.165, 1.54) is 25.0 Å². The van der Waals surface area contributed by atoms with Crippen LogP contribution in [0.1, 0.15) is 62.0 Å². The number of nitrogens with one attached hydrogen (secondary N) is 2. The number of urea groups is 1. The van der Waals surface area contributed by atoms with Crippen LogP contribution in [0.25, 0.3) is 0 Å². The van der Waals surface area contributed by atoms with Crippen molar-refractivity contribution in [3.05, 3.63) is 40.9 Å². The van der Waals surface area contributed by atoms with Gasteiger partial charge in [-0.2, -0.15) is 5.10 Å². The van der Waals surface area contributed by atoms with Crippen molar-refractivity contribution in [3.63, 3.8) is 0 Å². The molecule has 9 nitrogen and oxygen atoms in total. The van der Waals surface area contributed by atoms with Crippen LogP contribution < -0.4 is 4.72 Å². The van der Waals surface area contributed by atoms with Gasteiger partial charge >= 0.3 is 6.03 Å². The summed E-state index contributed by atoms with van der Waals surface area (Å²) in [5, 5.41) is 8.05. The smallest absolute Gasteiger partial charge is 0.320 e. The van der Waals surface area contributed by atoms with E-state index in [1.807, 2.05) is 9.80 Å². The predicted octanol–water partition coefficient (Wildman–Crippen LogP) is 3.33. The molecule has 11 heteroatoms. The molecule has 0 atom stereocenters. The minimum Gasteiger partial charge on any atom is -0.325 e. The molecular weight excluding hydrogens is 488 g/mol. The number of hydrogen-bond donors (Lipinski definition) is 2. The van der Waals surface area contributed by atoms with E-state index < -0.39 is 10.0 Å². The molecule has 2 amide bonds. The Labute approximate surface area is 210 Å². The van der Waals surface area contributed by atoms with E-state index in [4.69, 9.17) is 16.6 Å². The van der Waals surface area contributed by atoms with Crippen LogP contribution >= 0.6 is 11.6 Å². The number of aromatic nitrogens is 3. The predicted molar refractivity (Wildman–Crippen MR) is 131 cm³/mol. The summed E-state index contributed by atoms with van der Waals surface area (Å²) >= 11 is 5.85.